The van der Waals surface area contributed by atoms with Crippen LogP contribution in [0.3, 0.4) is 0 Å². The van der Waals surface area contributed by atoms with Crippen molar-refractivity contribution in [2.45, 2.75) is 56.5 Å². The number of rotatable bonds is 8. The molecule has 5 rings (SSSR count). The van der Waals surface area contributed by atoms with E-state index in [0.717, 1.165) is 4.90 Å². The van der Waals surface area contributed by atoms with Crippen LogP contribution in [0.1, 0.15) is 65.4 Å². The standard InChI is InChI=1S/C25H28F4N6O5/c1-13-19(34-40-33-13)21(36)32-20(14-5-7-24(26,27)8-6-14)22-31-16-9-15(3-4-18(16)39-22)17(10-38-2)35-12-25(28,29)11-30-23(35)37/h3-4,9,14,17,20H,5-8,10-12H2,1-2H3,(H,30,37)(H,32,36). The highest BCUT2D eigenvalue weighted by atomic mass is 19.3. The second kappa shape index (κ2) is 10.7. The SMILES string of the molecule is COCC(c1ccc2oc(C(NC(=O)c3nonc3C)C3CCC(F)(F)CC3)nc2c1)N1CC(F)(F)CNC1=O. The lowest BCUT2D eigenvalue weighted by Crippen LogP contribution is -2.58. The number of oxazole rings is 1. The number of amides is 3. The molecule has 40 heavy (non-hydrogen) atoms. The topological polar surface area (TPSA) is 136 Å². The molecule has 2 aliphatic rings. The van der Waals surface area contributed by atoms with Gasteiger partial charge in [0.2, 0.25) is 11.8 Å². The number of hydrogen-bond donors (Lipinski definition) is 2. The average Bonchev–Trinajstić information content (AvgIpc) is 3.53. The molecule has 11 nitrogen and oxygen atoms in total. The molecule has 2 fully saturated rings. The molecule has 1 saturated heterocycles. The van der Waals surface area contributed by atoms with Crippen molar-refractivity contribution >= 4 is 23.0 Å². The van der Waals surface area contributed by atoms with E-state index in [2.05, 4.69) is 30.6 Å². The molecule has 3 amide bonds. The first kappa shape index (κ1) is 27.8. The fourth-order valence-corrected chi connectivity index (χ4v) is 5.19. The lowest BCUT2D eigenvalue weighted by molar-refractivity contribution is -0.0510. The summed E-state index contributed by atoms with van der Waals surface area (Å²) in [5.41, 5.74) is 1.33. The Hall–Kier alpha value is -3.75. The summed E-state index contributed by atoms with van der Waals surface area (Å²) in [6, 6.07) is 2.41. The van der Waals surface area contributed by atoms with Crippen LogP contribution in [0, 0.1) is 12.8 Å². The van der Waals surface area contributed by atoms with Gasteiger partial charge in [0.1, 0.15) is 17.3 Å². The summed E-state index contributed by atoms with van der Waals surface area (Å²) in [4.78, 5) is 31.0. The lowest BCUT2D eigenvalue weighted by Gasteiger charge is -2.38. The maximum absolute atomic E-state index is 14.1. The van der Waals surface area contributed by atoms with Crippen molar-refractivity contribution in [2.24, 2.45) is 5.92 Å². The summed E-state index contributed by atoms with van der Waals surface area (Å²) in [5, 5.41) is 12.2. The van der Waals surface area contributed by atoms with Gasteiger partial charge in [-0.3, -0.25) is 4.79 Å². The summed E-state index contributed by atoms with van der Waals surface area (Å²) in [6.07, 6.45) is -0.460. The van der Waals surface area contributed by atoms with Crippen molar-refractivity contribution in [2.75, 3.05) is 26.8 Å². The summed E-state index contributed by atoms with van der Waals surface area (Å²) >= 11 is 0. The average molecular weight is 569 g/mol. The number of alkyl halides is 4. The van der Waals surface area contributed by atoms with Crippen molar-refractivity contribution < 1.29 is 40.9 Å². The van der Waals surface area contributed by atoms with Gasteiger partial charge in [0.15, 0.2) is 11.3 Å². The number of halogens is 4. The molecule has 216 valence electrons. The fraction of sp³-hybridized carbons (Fsp3) is 0.560. The molecule has 0 bridgehead atoms. The summed E-state index contributed by atoms with van der Waals surface area (Å²) < 4.78 is 71.9. The van der Waals surface area contributed by atoms with Crippen LogP contribution < -0.4 is 10.6 Å². The van der Waals surface area contributed by atoms with E-state index >= 15 is 0 Å². The van der Waals surface area contributed by atoms with E-state index in [1.807, 2.05) is 0 Å². The first-order valence-electron chi connectivity index (χ1n) is 12.8. The Bertz CT molecular complexity index is 1380. The molecule has 1 saturated carbocycles. The molecule has 1 aliphatic carbocycles. The highest BCUT2D eigenvalue weighted by Crippen LogP contribution is 2.42. The van der Waals surface area contributed by atoms with Gasteiger partial charge in [-0.2, -0.15) is 0 Å². The summed E-state index contributed by atoms with van der Waals surface area (Å²) in [5.74, 6) is -6.85. The van der Waals surface area contributed by atoms with Crippen LogP contribution in [0.5, 0.6) is 0 Å². The fourth-order valence-electron chi connectivity index (χ4n) is 5.19. The lowest BCUT2D eigenvalue weighted by atomic mass is 9.82. The molecule has 15 heteroatoms. The van der Waals surface area contributed by atoms with Crippen molar-refractivity contribution in [1.82, 2.24) is 30.8 Å². The Morgan fingerprint density at radius 2 is 1.98 bits per heavy atom. The largest absolute Gasteiger partial charge is 0.438 e. The molecule has 3 heterocycles. The van der Waals surface area contributed by atoms with Crippen molar-refractivity contribution in [1.29, 1.82) is 0 Å². The van der Waals surface area contributed by atoms with Crippen molar-refractivity contribution in [3.63, 3.8) is 0 Å². The number of aromatic nitrogens is 3. The van der Waals surface area contributed by atoms with Crippen LogP contribution in [0.15, 0.2) is 27.2 Å². The minimum absolute atomic E-state index is 0.0523. The van der Waals surface area contributed by atoms with E-state index in [4.69, 9.17) is 9.15 Å². The first-order chi connectivity index (χ1) is 19.0. The summed E-state index contributed by atoms with van der Waals surface area (Å²) in [7, 11) is 1.40. The zero-order chi connectivity index (χ0) is 28.7. The smallest absolute Gasteiger partial charge is 0.318 e. The molecule has 2 aromatic heterocycles. The maximum Gasteiger partial charge on any atom is 0.318 e. The quantitative estimate of drug-likeness (QED) is 0.387. The number of fused-ring (bicyclic) bond motifs is 1. The van der Waals surface area contributed by atoms with Gasteiger partial charge in [-0.05, 0) is 48.5 Å². The van der Waals surface area contributed by atoms with E-state index in [1.54, 1.807) is 18.2 Å². The van der Waals surface area contributed by atoms with Gasteiger partial charge in [0.05, 0.1) is 25.7 Å². The normalized spacial score (nSPS) is 20.8. The van der Waals surface area contributed by atoms with Crippen molar-refractivity contribution in [3.05, 3.63) is 41.0 Å². The van der Waals surface area contributed by atoms with Crippen molar-refractivity contribution in [3.8, 4) is 0 Å². The van der Waals surface area contributed by atoms with Crippen LogP contribution in [0.4, 0.5) is 22.4 Å². The number of aryl methyl sites for hydroxylation is 1. The van der Waals surface area contributed by atoms with Gasteiger partial charge in [-0.25, -0.2) is 32.0 Å². The van der Waals surface area contributed by atoms with Gasteiger partial charge >= 0.3 is 6.03 Å². The number of methoxy groups -OCH3 is 1. The van der Waals surface area contributed by atoms with Gasteiger partial charge in [-0.15, -0.1) is 0 Å². The summed E-state index contributed by atoms with van der Waals surface area (Å²) in [6.45, 7) is -0.0548. The molecule has 3 aromatic rings. The van der Waals surface area contributed by atoms with Gasteiger partial charge in [0, 0.05) is 20.0 Å². The van der Waals surface area contributed by atoms with E-state index in [9.17, 15) is 27.2 Å². The van der Waals surface area contributed by atoms with Crippen LogP contribution in [0.25, 0.3) is 11.1 Å². The molecule has 2 unspecified atom stereocenters. The Morgan fingerprint density at radius 3 is 2.65 bits per heavy atom. The van der Waals surface area contributed by atoms with Gasteiger partial charge in [-0.1, -0.05) is 11.2 Å². The number of ether oxygens (including phenoxy) is 1. The Labute approximate surface area is 225 Å². The second-order valence-corrected chi connectivity index (χ2v) is 10.2. The molecule has 0 radical (unpaired) electrons. The van der Waals surface area contributed by atoms with Gasteiger partial charge in [0.25, 0.3) is 11.8 Å². The molecule has 2 N–H and O–H groups in total. The zero-order valence-electron chi connectivity index (χ0n) is 21.8. The van der Waals surface area contributed by atoms with E-state index < -0.39 is 54.9 Å². The number of carbonyl (C=O) groups excluding carboxylic acids is 2. The number of nitrogens with zero attached hydrogens (tertiary/aromatic N) is 4. The van der Waals surface area contributed by atoms with E-state index in [-0.39, 0.29) is 49.6 Å². The number of hydrogen-bond acceptors (Lipinski definition) is 8. The highest BCUT2D eigenvalue weighted by Gasteiger charge is 2.43. The molecular formula is C25H28F4N6O5. The number of urea groups is 1. The Morgan fingerprint density at radius 1 is 1.23 bits per heavy atom. The Kier molecular flexibility index (Phi) is 7.42. The minimum atomic E-state index is -3.12. The van der Waals surface area contributed by atoms with Gasteiger partial charge < -0.3 is 24.7 Å². The molecule has 1 aliphatic heterocycles. The van der Waals surface area contributed by atoms with E-state index in [1.165, 1.54) is 14.0 Å². The van der Waals surface area contributed by atoms with Crippen LogP contribution in [-0.2, 0) is 4.74 Å². The predicted octanol–water partition coefficient (Wildman–Crippen LogP) is 4.16. The van der Waals surface area contributed by atoms with Crippen LogP contribution in [0.2, 0.25) is 0 Å². The molecule has 1 aromatic carbocycles. The molecular weight excluding hydrogens is 540 g/mol. The highest BCUT2D eigenvalue weighted by molar-refractivity contribution is 5.93. The third-order valence-corrected chi connectivity index (χ3v) is 7.33. The third kappa shape index (κ3) is 5.74. The second-order valence-electron chi connectivity index (χ2n) is 10.2. The van der Waals surface area contributed by atoms with Crippen LogP contribution >= 0.6 is 0 Å². The number of benzene rings is 1. The predicted molar refractivity (Wildman–Crippen MR) is 130 cm³/mol. The first-order valence-corrected chi connectivity index (χ1v) is 12.8. The monoisotopic (exact) mass is 568 g/mol. The third-order valence-electron chi connectivity index (χ3n) is 7.33. The minimum Gasteiger partial charge on any atom is -0.438 e. The van der Waals surface area contributed by atoms with E-state index in [0.29, 0.717) is 16.7 Å². The number of nitrogens with one attached hydrogen (secondary N) is 2. The maximum atomic E-state index is 14.1. The van der Waals surface area contributed by atoms with Crippen LogP contribution in [-0.4, -0.2) is 70.8 Å². The molecule has 0 spiro atoms. The number of carbonyl (C=O) groups is 2. The molecule has 2 atom stereocenters. The Balaban J connectivity index is 1.46. The zero-order valence-corrected chi connectivity index (χ0v) is 21.8.